The summed E-state index contributed by atoms with van der Waals surface area (Å²) in [5, 5.41) is 0. The van der Waals surface area contributed by atoms with Crippen LogP contribution in [0.15, 0.2) is 45.8 Å². The van der Waals surface area contributed by atoms with Crippen molar-refractivity contribution in [1.82, 2.24) is 9.80 Å². The zero-order valence-electron chi connectivity index (χ0n) is 23.1. The Labute approximate surface area is 227 Å². The SMILES string of the molecule is CCCCCCCCCCCCCC(=O)N1CCN(Cc2cc(=O)c(OCc3cccc(F)c3)co2)CC1. The van der Waals surface area contributed by atoms with Crippen molar-refractivity contribution in [2.24, 2.45) is 0 Å². The molecule has 0 spiro atoms. The Hall–Kier alpha value is -2.67. The summed E-state index contributed by atoms with van der Waals surface area (Å²) >= 11 is 0. The normalized spacial score (nSPS) is 14.1. The Morgan fingerprint density at radius 2 is 1.58 bits per heavy atom. The lowest BCUT2D eigenvalue weighted by atomic mass is 10.1. The van der Waals surface area contributed by atoms with E-state index < -0.39 is 0 Å². The third-order valence-electron chi connectivity index (χ3n) is 7.23. The predicted octanol–water partition coefficient (Wildman–Crippen LogP) is 6.70. The minimum atomic E-state index is -0.343. The van der Waals surface area contributed by atoms with Gasteiger partial charge in [0.2, 0.25) is 17.1 Å². The van der Waals surface area contributed by atoms with Crippen LogP contribution in [0.25, 0.3) is 0 Å². The molecular formula is C31H45FN2O4. The van der Waals surface area contributed by atoms with Crippen molar-refractivity contribution in [2.75, 3.05) is 26.2 Å². The second-order valence-electron chi connectivity index (χ2n) is 10.4. The van der Waals surface area contributed by atoms with Gasteiger partial charge in [0.05, 0.1) is 6.54 Å². The summed E-state index contributed by atoms with van der Waals surface area (Å²) in [4.78, 5) is 29.2. The summed E-state index contributed by atoms with van der Waals surface area (Å²) in [7, 11) is 0. The van der Waals surface area contributed by atoms with Gasteiger partial charge < -0.3 is 14.1 Å². The van der Waals surface area contributed by atoms with Gasteiger partial charge in [-0.1, -0.05) is 83.3 Å². The van der Waals surface area contributed by atoms with Gasteiger partial charge in [0.15, 0.2) is 0 Å². The summed E-state index contributed by atoms with van der Waals surface area (Å²) in [6.45, 7) is 5.78. The second-order valence-corrected chi connectivity index (χ2v) is 10.4. The molecule has 0 atom stereocenters. The zero-order chi connectivity index (χ0) is 27.0. The van der Waals surface area contributed by atoms with Crippen LogP contribution in [0.3, 0.4) is 0 Å². The van der Waals surface area contributed by atoms with Gasteiger partial charge in [0, 0.05) is 38.7 Å². The van der Waals surface area contributed by atoms with Crippen LogP contribution >= 0.6 is 0 Å². The smallest absolute Gasteiger partial charge is 0.227 e. The molecule has 38 heavy (non-hydrogen) atoms. The molecule has 2 aromatic rings. The van der Waals surface area contributed by atoms with E-state index in [4.69, 9.17) is 9.15 Å². The third kappa shape index (κ3) is 11.0. The van der Waals surface area contributed by atoms with Gasteiger partial charge in [-0.2, -0.15) is 0 Å². The molecule has 1 fully saturated rings. The van der Waals surface area contributed by atoms with Gasteiger partial charge in [-0.3, -0.25) is 14.5 Å². The van der Waals surface area contributed by atoms with E-state index in [0.717, 1.165) is 25.9 Å². The Bertz CT molecular complexity index is 1020. The number of halogens is 1. The molecule has 1 aliphatic rings. The molecule has 1 aromatic carbocycles. The largest absolute Gasteiger partial charge is 0.482 e. The average Bonchev–Trinajstić information content (AvgIpc) is 2.91. The number of unbranched alkanes of at least 4 members (excludes halogenated alkanes) is 10. The highest BCUT2D eigenvalue weighted by atomic mass is 19.1. The first-order chi connectivity index (χ1) is 18.5. The fourth-order valence-electron chi connectivity index (χ4n) is 4.89. The molecule has 1 aliphatic heterocycles. The van der Waals surface area contributed by atoms with Crippen LogP contribution in [0.2, 0.25) is 0 Å². The van der Waals surface area contributed by atoms with E-state index in [2.05, 4.69) is 11.8 Å². The molecule has 2 heterocycles. The minimum Gasteiger partial charge on any atom is -0.482 e. The van der Waals surface area contributed by atoms with E-state index in [9.17, 15) is 14.0 Å². The number of piperazine rings is 1. The molecule has 0 saturated carbocycles. The number of benzene rings is 1. The molecule has 6 nitrogen and oxygen atoms in total. The Morgan fingerprint density at radius 1 is 0.921 bits per heavy atom. The van der Waals surface area contributed by atoms with E-state index in [1.807, 2.05) is 4.90 Å². The molecule has 0 radical (unpaired) electrons. The van der Waals surface area contributed by atoms with Crippen LogP contribution in [-0.2, 0) is 17.9 Å². The van der Waals surface area contributed by atoms with Gasteiger partial charge in [0.1, 0.15) is 24.4 Å². The number of hydrogen-bond acceptors (Lipinski definition) is 5. The van der Waals surface area contributed by atoms with E-state index in [1.54, 1.807) is 12.1 Å². The van der Waals surface area contributed by atoms with Crippen LogP contribution in [0, 0.1) is 5.82 Å². The van der Waals surface area contributed by atoms with Crippen LogP contribution in [0.4, 0.5) is 4.39 Å². The van der Waals surface area contributed by atoms with Gasteiger partial charge in [-0.15, -0.1) is 0 Å². The van der Waals surface area contributed by atoms with Crippen molar-refractivity contribution < 1.29 is 18.3 Å². The number of amides is 1. The number of carbonyl (C=O) groups is 1. The van der Waals surface area contributed by atoms with Gasteiger partial charge in [-0.05, 0) is 24.1 Å². The first-order valence-corrected chi connectivity index (χ1v) is 14.5. The molecule has 1 amide bonds. The summed E-state index contributed by atoms with van der Waals surface area (Å²) in [6, 6.07) is 7.53. The van der Waals surface area contributed by atoms with Crippen molar-refractivity contribution in [3.05, 3.63) is 64.0 Å². The number of nitrogens with zero attached hydrogens (tertiary/aromatic N) is 2. The molecule has 7 heteroatoms. The molecule has 1 saturated heterocycles. The fourth-order valence-corrected chi connectivity index (χ4v) is 4.89. The molecular weight excluding hydrogens is 483 g/mol. The lowest BCUT2D eigenvalue weighted by Gasteiger charge is -2.34. The summed E-state index contributed by atoms with van der Waals surface area (Å²) in [5.74, 6) is 0.584. The zero-order valence-corrected chi connectivity index (χ0v) is 23.1. The summed E-state index contributed by atoms with van der Waals surface area (Å²) < 4.78 is 24.4. The summed E-state index contributed by atoms with van der Waals surface area (Å²) in [6.07, 6.45) is 16.1. The van der Waals surface area contributed by atoms with E-state index in [0.29, 0.717) is 37.4 Å². The molecule has 0 bridgehead atoms. The third-order valence-corrected chi connectivity index (χ3v) is 7.23. The van der Waals surface area contributed by atoms with Crippen molar-refractivity contribution in [2.45, 2.75) is 97.1 Å². The maximum absolute atomic E-state index is 13.3. The topological polar surface area (TPSA) is 63.0 Å². The van der Waals surface area contributed by atoms with Crippen molar-refractivity contribution in [1.29, 1.82) is 0 Å². The maximum Gasteiger partial charge on any atom is 0.227 e. The van der Waals surface area contributed by atoms with Crippen molar-refractivity contribution in [3.63, 3.8) is 0 Å². The fraction of sp³-hybridized carbons (Fsp3) is 0.613. The van der Waals surface area contributed by atoms with Crippen LogP contribution < -0.4 is 10.2 Å². The molecule has 3 rings (SSSR count). The highest BCUT2D eigenvalue weighted by molar-refractivity contribution is 5.76. The minimum absolute atomic E-state index is 0.0943. The van der Waals surface area contributed by atoms with Gasteiger partial charge >= 0.3 is 0 Å². The highest BCUT2D eigenvalue weighted by Gasteiger charge is 2.21. The van der Waals surface area contributed by atoms with Gasteiger partial charge in [-0.25, -0.2) is 4.39 Å². The standard InChI is InChI=1S/C31H45FN2O4/c1-2-3-4-5-6-7-8-9-10-11-12-16-31(36)34-19-17-33(18-20-34)23-28-22-29(35)30(25-37-28)38-24-26-14-13-15-27(32)21-26/h13-15,21-22,25H,2-12,16-20,23-24H2,1H3. The quantitative estimate of drug-likeness (QED) is 0.214. The second kappa shape index (κ2) is 17.0. The highest BCUT2D eigenvalue weighted by Crippen LogP contribution is 2.15. The van der Waals surface area contributed by atoms with E-state index in [1.165, 1.54) is 82.2 Å². The van der Waals surface area contributed by atoms with Crippen LogP contribution in [-0.4, -0.2) is 41.9 Å². The molecule has 0 unspecified atom stereocenters. The molecule has 210 valence electrons. The number of ether oxygens (including phenoxy) is 1. The molecule has 0 aliphatic carbocycles. The Kier molecular flexibility index (Phi) is 13.4. The summed E-state index contributed by atoms with van der Waals surface area (Å²) in [5.41, 5.74) is 0.382. The first-order valence-electron chi connectivity index (χ1n) is 14.5. The number of rotatable bonds is 17. The van der Waals surface area contributed by atoms with E-state index >= 15 is 0 Å². The maximum atomic E-state index is 13.3. The van der Waals surface area contributed by atoms with Crippen molar-refractivity contribution in [3.8, 4) is 5.75 Å². The van der Waals surface area contributed by atoms with E-state index in [-0.39, 0.29) is 29.5 Å². The molecule has 0 N–H and O–H groups in total. The van der Waals surface area contributed by atoms with Crippen LogP contribution in [0.1, 0.15) is 95.3 Å². The predicted molar refractivity (Wildman–Crippen MR) is 149 cm³/mol. The Balaban J connectivity index is 1.27. The van der Waals surface area contributed by atoms with Gasteiger partial charge in [0.25, 0.3) is 0 Å². The molecule has 1 aromatic heterocycles. The lowest BCUT2D eigenvalue weighted by molar-refractivity contribution is -0.133. The number of hydrogen-bond donors (Lipinski definition) is 0. The lowest BCUT2D eigenvalue weighted by Crippen LogP contribution is -2.48. The average molecular weight is 529 g/mol. The monoisotopic (exact) mass is 528 g/mol. The van der Waals surface area contributed by atoms with Crippen LogP contribution in [0.5, 0.6) is 5.75 Å². The van der Waals surface area contributed by atoms with Crippen molar-refractivity contribution >= 4 is 5.91 Å². The first kappa shape index (κ1) is 29.9. The number of carbonyl (C=O) groups excluding carboxylic acids is 1. The Morgan fingerprint density at radius 3 is 2.21 bits per heavy atom.